The summed E-state index contributed by atoms with van der Waals surface area (Å²) in [7, 11) is 0. The number of carbonyl (C=O) groups is 1. The second-order valence-electron chi connectivity index (χ2n) is 6.06. The van der Waals surface area contributed by atoms with Crippen molar-refractivity contribution in [1.29, 1.82) is 0 Å². The van der Waals surface area contributed by atoms with E-state index in [1.807, 2.05) is 0 Å². The molecule has 0 bridgehead atoms. The molecule has 0 radical (unpaired) electrons. The lowest BCUT2D eigenvalue weighted by Gasteiger charge is -2.23. The number of hydrogen-bond acceptors (Lipinski definition) is 2. The Morgan fingerprint density at radius 2 is 1.93 bits per heavy atom. The smallest absolute Gasteiger partial charge is 0.351 e. The van der Waals surface area contributed by atoms with Gasteiger partial charge >= 0.3 is 12.2 Å². The Balaban J connectivity index is 2.07. The molecule has 0 fully saturated rings. The molecule has 0 saturated heterocycles. The van der Waals surface area contributed by atoms with E-state index in [0.29, 0.717) is 22.8 Å². The molecular formula is C19H15F4N3O. The summed E-state index contributed by atoms with van der Waals surface area (Å²) < 4.78 is 52.3. The molecule has 0 unspecified atom stereocenters. The number of hydrogen-bond donors (Lipinski definition) is 1. The SMILES string of the molecule is Cc1cc2c(N(Cc3ccc(F)c(C(F)(F)F)c3)C(N)=O)cccc2cn1. The van der Waals surface area contributed by atoms with Crippen molar-refractivity contribution in [2.24, 2.45) is 5.73 Å². The molecule has 3 aromatic rings. The van der Waals surface area contributed by atoms with E-state index in [1.165, 1.54) is 6.07 Å². The summed E-state index contributed by atoms with van der Waals surface area (Å²) in [5, 5.41) is 1.43. The first-order valence-corrected chi connectivity index (χ1v) is 7.95. The number of benzene rings is 2. The van der Waals surface area contributed by atoms with Crippen LogP contribution in [0.25, 0.3) is 10.8 Å². The van der Waals surface area contributed by atoms with Gasteiger partial charge in [-0.05, 0) is 36.8 Å². The van der Waals surface area contributed by atoms with Crippen molar-refractivity contribution in [3.8, 4) is 0 Å². The first-order valence-electron chi connectivity index (χ1n) is 7.95. The summed E-state index contributed by atoms with van der Waals surface area (Å²) in [6, 6.07) is 8.65. The van der Waals surface area contributed by atoms with Gasteiger partial charge in [-0.2, -0.15) is 13.2 Å². The third kappa shape index (κ3) is 3.84. The molecule has 0 aliphatic rings. The number of urea groups is 1. The van der Waals surface area contributed by atoms with Gasteiger partial charge in [-0.1, -0.05) is 18.2 Å². The maximum atomic E-state index is 13.5. The first-order chi connectivity index (χ1) is 12.7. The van der Waals surface area contributed by atoms with E-state index in [1.54, 1.807) is 37.4 Å². The minimum atomic E-state index is -4.83. The van der Waals surface area contributed by atoms with Gasteiger partial charge in [0.1, 0.15) is 5.82 Å². The first kappa shape index (κ1) is 18.6. The van der Waals surface area contributed by atoms with Crippen LogP contribution < -0.4 is 10.6 Å². The third-order valence-corrected chi connectivity index (χ3v) is 4.11. The van der Waals surface area contributed by atoms with Crippen LogP contribution in [0.4, 0.5) is 28.0 Å². The highest BCUT2D eigenvalue weighted by atomic mass is 19.4. The molecule has 0 spiro atoms. The monoisotopic (exact) mass is 377 g/mol. The van der Waals surface area contributed by atoms with Crippen molar-refractivity contribution < 1.29 is 22.4 Å². The van der Waals surface area contributed by atoms with Crippen LogP contribution >= 0.6 is 0 Å². The Bertz CT molecular complexity index is 1020. The van der Waals surface area contributed by atoms with E-state index in [-0.39, 0.29) is 12.1 Å². The molecule has 0 saturated carbocycles. The van der Waals surface area contributed by atoms with Gasteiger partial charge in [-0.15, -0.1) is 0 Å². The van der Waals surface area contributed by atoms with Gasteiger partial charge in [-0.3, -0.25) is 9.88 Å². The molecule has 8 heteroatoms. The molecule has 0 atom stereocenters. The predicted molar refractivity (Wildman–Crippen MR) is 93.6 cm³/mol. The average molecular weight is 377 g/mol. The maximum Gasteiger partial charge on any atom is 0.419 e. The molecule has 4 nitrogen and oxygen atoms in total. The number of alkyl halides is 3. The van der Waals surface area contributed by atoms with Crippen molar-refractivity contribution in [3.05, 3.63) is 71.3 Å². The number of nitrogens with zero attached hydrogens (tertiary/aromatic N) is 2. The molecule has 2 amide bonds. The van der Waals surface area contributed by atoms with Crippen LogP contribution in [0.5, 0.6) is 0 Å². The number of aryl methyl sites for hydroxylation is 1. The normalized spacial score (nSPS) is 11.6. The van der Waals surface area contributed by atoms with Crippen LogP contribution in [0.3, 0.4) is 0 Å². The van der Waals surface area contributed by atoms with Crippen LogP contribution in [-0.4, -0.2) is 11.0 Å². The standard InChI is InChI=1S/C19H15F4N3O/c1-11-7-14-13(9-25-11)3-2-4-17(14)26(18(24)27)10-12-5-6-16(20)15(8-12)19(21,22)23/h2-9H,10H2,1H3,(H2,24,27). The highest BCUT2D eigenvalue weighted by Crippen LogP contribution is 2.33. The summed E-state index contributed by atoms with van der Waals surface area (Å²) in [5.74, 6) is -1.37. The number of pyridine rings is 1. The highest BCUT2D eigenvalue weighted by molar-refractivity contribution is 6.02. The summed E-state index contributed by atoms with van der Waals surface area (Å²) in [5.41, 5.74) is 5.33. The number of halogens is 4. The molecule has 2 N–H and O–H groups in total. The zero-order valence-electron chi connectivity index (χ0n) is 14.2. The quantitative estimate of drug-likeness (QED) is 0.668. The van der Waals surface area contributed by atoms with Crippen LogP contribution in [0.1, 0.15) is 16.8 Å². The van der Waals surface area contributed by atoms with Crippen molar-refractivity contribution in [1.82, 2.24) is 4.98 Å². The summed E-state index contributed by atoms with van der Waals surface area (Å²) in [6.45, 7) is 1.54. The largest absolute Gasteiger partial charge is 0.419 e. The van der Waals surface area contributed by atoms with Crippen molar-refractivity contribution in [3.63, 3.8) is 0 Å². The fourth-order valence-electron chi connectivity index (χ4n) is 2.85. The van der Waals surface area contributed by atoms with Crippen LogP contribution in [0.15, 0.2) is 48.7 Å². The number of rotatable bonds is 3. The van der Waals surface area contributed by atoms with Crippen molar-refractivity contribution >= 4 is 22.5 Å². The van der Waals surface area contributed by atoms with E-state index in [0.717, 1.165) is 16.4 Å². The van der Waals surface area contributed by atoms with Gasteiger partial charge in [0.15, 0.2) is 0 Å². The molecular weight excluding hydrogens is 362 g/mol. The van der Waals surface area contributed by atoms with E-state index in [2.05, 4.69) is 4.98 Å². The fraction of sp³-hybridized carbons (Fsp3) is 0.158. The van der Waals surface area contributed by atoms with Crippen LogP contribution in [0, 0.1) is 12.7 Å². The zero-order valence-corrected chi connectivity index (χ0v) is 14.2. The Morgan fingerprint density at radius 3 is 2.59 bits per heavy atom. The Hall–Kier alpha value is -3.16. The lowest BCUT2D eigenvalue weighted by atomic mass is 10.1. The number of aromatic nitrogens is 1. The topological polar surface area (TPSA) is 59.2 Å². The molecule has 1 aromatic heterocycles. The minimum absolute atomic E-state index is 0.102. The van der Waals surface area contributed by atoms with Crippen molar-refractivity contribution in [2.75, 3.05) is 4.90 Å². The number of fused-ring (bicyclic) bond motifs is 1. The van der Waals surface area contributed by atoms with Crippen molar-refractivity contribution in [2.45, 2.75) is 19.6 Å². The van der Waals surface area contributed by atoms with Gasteiger partial charge in [0, 0.05) is 22.7 Å². The Kier molecular flexibility index (Phi) is 4.73. The predicted octanol–water partition coefficient (Wildman–Crippen LogP) is 4.79. The average Bonchev–Trinajstić information content (AvgIpc) is 2.59. The Labute approximate surface area is 152 Å². The van der Waals surface area contributed by atoms with Gasteiger partial charge in [0.05, 0.1) is 17.8 Å². The zero-order chi connectivity index (χ0) is 19.8. The van der Waals surface area contributed by atoms with Crippen LogP contribution in [0.2, 0.25) is 0 Å². The van der Waals surface area contributed by atoms with E-state index < -0.39 is 23.6 Å². The van der Waals surface area contributed by atoms with E-state index in [9.17, 15) is 22.4 Å². The minimum Gasteiger partial charge on any atom is -0.351 e. The molecule has 2 aromatic carbocycles. The fourth-order valence-corrected chi connectivity index (χ4v) is 2.85. The maximum absolute atomic E-state index is 13.5. The number of nitrogens with two attached hydrogens (primary N) is 1. The highest BCUT2D eigenvalue weighted by Gasteiger charge is 2.34. The lowest BCUT2D eigenvalue weighted by molar-refractivity contribution is -0.140. The molecule has 3 rings (SSSR count). The van der Waals surface area contributed by atoms with E-state index in [4.69, 9.17) is 5.73 Å². The second kappa shape index (κ2) is 6.86. The number of carbonyl (C=O) groups excluding carboxylic acids is 1. The van der Waals surface area contributed by atoms with Crippen LogP contribution in [-0.2, 0) is 12.7 Å². The molecule has 0 aliphatic heterocycles. The van der Waals surface area contributed by atoms with Gasteiger partial charge in [0.2, 0.25) is 0 Å². The van der Waals surface area contributed by atoms with Gasteiger partial charge in [-0.25, -0.2) is 9.18 Å². The van der Waals surface area contributed by atoms with Gasteiger partial charge in [0.25, 0.3) is 0 Å². The second-order valence-corrected chi connectivity index (χ2v) is 6.06. The summed E-state index contributed by atoms with van der Waals surface area (Å²) in [4.78, 5) is 17.3. The number of anilines is 1. The third-order valence-electron chi connectivity index (χ3n) is 4.11. The Morgan fingerprint density at radius 1 is 1.19 bits per heavy atom. The molecule has 0 aliphatic carbocycles. The van der Waals surface area contributed by atoms with E-state index >= 15 is 0 Å². The number of primary amides is 1. The van der Waals surface area contributed by atoms with Gasteiger partial charge < -0.3 is 5.73 Å². The summed E-state index contributed by atoms with van der Waals surface area (Å²) in [6.07, 6.45) is -3.20. The molecule has 140 valence electrons. The number of amides is 2. The molecule has 27 heavy (non-hydrogen) atoms. The summed E-state index contributed by atoms with van der Waals surface area (Å²) >= 11 is 0. The molecule has 1 heterocycles. The lowest BCUT2D eigenvalue weighted by Crippen LogP contribution is -2.35.